The average molecular weight is 312 g/mol. The van der Waals surface area contributed by atoms with Crippen LogP contribution in [0.3, 0.4) is 0 Å². The number of carbonyl (C=O) groups is 3. The Morgan fingerprint density at radius 1 is 1.14 bits per heavy atom. The number of nitrogens with two attached hydrogens (primary N) is 2. The second kappa shape index (κ2) is 9.01. The average Bonchev–Trinajstić information content (AvgIpc) is 2.51. The van der Waals surface area contributed by atoms with E-state index in [4.69, 9.17) is 11.5 Å². The van der Waals surface area contributed by atoms with Gasteiger partial charge in [-0.1, -0.05) is 12.8 Å². The van der Waals surface area contributed by atoms with Crippen molar-refractivity contribution in [3.63, 3.8) is 0 Å². The Labute approximate surface area is 129 Å². The number of guanidine groups is 1. The highest BCUT2D eigenvalue weighted by Crippen LogP contribution is 2.18. The molecule has 0 aromatic carbocycles. The summed E-state index contributed by atoms with van der Waals surface area (Å²) in [5.74, 6) is -2.05. The summed E-state index contributed by atoms with van der Waals surface area (Å²) < 4.78 is 0. The minimum absolute atomic E-state index is 0.0678. The third-order valence-electron chi connectivity index (χ3n) is 3.60. The molecule has 0 unspecified atom stereocenters. The summed E-state index contributed by atoms with van der Waals surface area (Å²) in [6.07, 6.45) is 4.08. The van der Waals surface area contributed by atoms with Gasteiger partial charge in [-0.15, -0.1) is 0 Å². The van der Waals surface area contributed by atoms with Gasteiger partial charge in [-0.2, -0.15) is 0 Å². The summed E-state index contributed by atoms with van der Waals surface area (Å²) in [5, 5.41) is 9.37. The standard InChI is InChI=1S/C14H24N4O4/c15-14(16)17-9-5-6-10(13(21)22)18-11(19)7-3-1-2-4-8-12(18)20/h10H,1-9H2,(H,21,22)(H4,15,16,17)/t10-/m0/s1. The number of amides is 2. The number of nitrogens with zero attached hydrogens (tertiary/aromatic N) is 2. The number of carbonyl (C=O) groups excluding carboxylic acids is 2. The van der Waals surface area contributed by atoms with Crippen molar-refractivity contribution in [1.82, 2.24) is 4.90 Å². The van der Waals surface area contributed by atoms with Crippen molar-refractivity contribution in [3.8, 4) is 0 Å². The molecule has 1 heterocycles. The Morgan fingerprint density at radius 3 is 2.14 bits per heavy atom. The fraction of sp³-hybridized carbons (Fsp3) is 0.714. The van der Waals surface area contributed by atoms with Crippen LogP contribution in [0.4, 0.5) is 0 Å². The van der Waals surface area contributed by atoms with Gasteiger partial charge < -0.3 is 16.6 Å². The predicted molar refractivity (Wildman–Crippen MR) is 80.9 cm³/mol. The molecule has 1 aliphatic heterocycles. The molecule has 1 rings (SSSR count). The SMILES string of the molecule is NC(N)=NCCC[C@@H](C(=O)O)N1C(=O)CCCCCCC1=O. The zero-order chi connectivity index (χ0) is 16.5. The summed E-state index contributed by atoms with van der Waals surface area (Å²) in [6, 6.07) is -1.15. The summed E-state index contributed by atoms with van der Waals surface area (Å²) in [7, 11) is 0. The number of imide groups is 1. The fourth-order valence-corrected chi connectivity index (χ4v) is 2.49. The van der Waals surface area contributed by atoms with Crippen molar-refractivity contribution in [2.75, 3.05) is 6.54 Å². The quantitative estimate of drug-likeness (QED) is 0.277. The van der Waals surface area contributed by atoms with Crippen LogP contribution >= 0.6 is 0 Å². The highest BCUT2D eigenvalue weighted by Gasteiger charge is 2.33. The number of aliphatic imine (C=N–C) groups is 1. The van der Waals surface area contributed by atoms with Gasteiger partial charge in [0.2, 0.25) is 11.8 Å². The van der Waals surface area contributed by atoms with Gasteiger partial charge in [-0.25, -0.2) is 4.79 Å². The molecule has 1 atom stereocenters. The molecule has 0 aromatic heterocycles. The van der Waals surface area contributed by atoms with Crippen LogP contribution in [-0.4, -0.2) is 46.3 Å². The van der Waals surface area contributed by atoms with Crippen LogP contribution in [-0.2, 0) is 14.4 Å². The maximum atomic E-state index is 12.2. The van der Waals surface area contributed by atoms with E-state index in [1.54, 1.807) is 0 Å². The molecule has 2 amide bonds. The first kappa shape index (κ1) is 17.9. The molecule has 8 nitrogen and oxygen atoms in total. The predicted octanol–water partition coefficient (Wildman–Crippen LogP) is 0.203. The number of hydrogen-bond donors (Lipinski definition) is 3. The molecule has 0 radical (unpaired) electrons. The molecule has 0 aromatic rings. The van der Waals surface area contributed by atoms with Crippen molar-refractivity contribution in [2.45, 2.75) is 57.4 Å². The van der Waals surface area contributed by atoms with Crippen LogP contribution in [0, 0.1) is 0 Å². The van der Waals surface area contributed by atoms with Crippen LogP contribution in [0.25, 0.3) is 0 Å². The summed E-state index contributed by atoms with van der Waals surface area (Å²) in [4.78, 5) is 40.6. The number of carboxylic acid groups (broad SMARTS) is 1. The third kappa shape index (κ3) is 5.71. The Kier molecular flexibility index (Phi) is 7.34. The molecule has 0 aliphatic carbocycles. The van der Waals surface area contributed by atoms with Gasteiger partial charge in [0.05, 0.1) is 0 Å². The highest BCUT2D eigenvalue weighted by atomic mass is 16.4. The van der Waals surface area contributed by atoms with E-state index < -0.39 is 23.8 Å². The highest BCUT2D eigenvalue weighted by molar-refractivity contribution is 5.99. The minimum atomic E-state index is -1.18. The molecule has 0 bridgehead atoms. The Balaban J connectivity index is 2.79. The van der Waals surface area contributed by atoms with Crippen molar-refractivity contribution in [3.05, 3.63) is 0 Å². The van der Waals surface area contributed by atoms with Crippen molar-refractivity contribution in [1.29, 1.82) is 0 Å². The Hall–Kier alpha value is -2.12. The smallest absolute Gasteiger partial charge is 0.326 e. The lowest BCUT2D eigenvalue weighted by Crippen LogP contribution is -2.48. The number of hydrogen-bond acceptors (Lipinski definition) is 4. The Bertz CT molecular complexity index is 426. The molecule has 22 heavy (non-hydrogen) atoms. The Morgan fingerprint density at radius 2 is 1.68 bits per heavy atom. The zero-order valence-corrected chi connectivity index (χ0v) is 12.7. The van der Waals surface area contributed by atoms with E-state index in [1.807, 2.05) is 0 Å². The minimum Gasteiger partial charge on any atom is -0.480 e. The summed E-state index contributed by atoms with van der Waals surface area (Å²) in [6.45, 7) is 0.266. The van der Waals surface area contributed by atoms with Crippen molar-refractivity contribution >= 4 is 23.7 Å². The van der Waals surface area contributed by atoms with E-state index in [2.05, 4.69) is 4.99 Å². The fourth-order valence-electron chi connectivity index (χ4n) is 2.49. The van der Waals surface area contributed by atoms with Crippen molar-refractivity contribution < 1.29 is 19.5 Å². The molecule has 1 saturated heterocycles. The molecule has 0 saturated carbocycles. The zero-order valence-electron chi connectivity index (χ0n) is 12.7. The van der Waals surface area contributed by atoms with Crippen LogP contribution in [0.1, 0.15) is 51.4 Å². The number of rotatable bonds is 6. The monoisotopic (exact) mass is 312 g/mol. The summed E-state index contributed by atoms with van der Waals surface area (Å²) >= 11 is 0. The molecule has 0 spiro atoms. The molecular formula is C14H24N4O4. The lowest BCUT2D eigenvalue weighted by Gasteiger charge is -2.27. The van der Waals surface area contributed by atoms with E-state index in [0.29, 0.717) is 19.3 Å². The summed E-state index contributed by atoms with van der Waals surface area (Å²) in [5.41, 5.74) is 10.4. The van der Waals surface area contributed by atoms with Gasteiger partial charge in [0, 0.05) is 19.4 Å². The van der Waals surface area contributed by atoms with Gasteiger partial charge in [0.1, 0.15) is 6.04 Å². The molecule has 1 aliphatic rings. The van der Waals surface area contributed by atoms with E-state index >= 15 is 0 Å². The van der Waals surface area contributed by atoms with Crippen LogP contribution in [0.15, 0.2) is 4.99 Å². The third-order valence-corrected chi connectivity index (χ3v) is 3.60. The van der Waals surface area contributed by atoms with Gasteiger partial charge in [-0.05, 0) is 25.7 Å². The van der Waals surface area contributed by atoms with Gasteiger partial charge in [0.25, 0.3) is 0 Å². The first-order valence-electron chi connectivity index (χ1n) is 7.56. The van der Waals surface area contributed by atoms with E-state index in [0.717, 1.165) is 17.7 Å². The maximum Gasteiger partial charge on any atom is 0.326 e. The second-order valence-electron chi connectivity index (χ2n) is 5.37. The molecule has 1 fully saturated rings. The maximum absolute atomic E-state index is 12.2. The molecule has 124 valence electrons. The van der Waals surface area contributed by atoms with E-state index in [-0.39, 0.29) is 31.8 Å². The number of carboxylic acids is 1. The second-order valence-corrected chi connectivity index (χ2v) is 5.37. The van der Waals surface area contributed by atoms with Gasteiger partial charge in [-0.3, -0.25) is 19.5 Å². The van der Waals surface area contributed by atoms with Crippen molar-refractivity contribution in [2.24, 2.45) is 16.5 Å². The first-order valence-corrected chi connectivity index (χ1v) is 7.56. The van der Waals surface area contributed by atoms with Gasteiger partial charge in [0.15, 0.2) is 5.96 Å². The lowest BCUT2D eigenvalue weighted by molar-refractivity contribution is -0.158. The number of aliphatic carboxylic acids is 1. The molecule has 8 heteroatoms. The van der Waals surface area contributed by atoms with Gasteiger partial charge >= 0.3 is 5.97 Å². The van der Waals surface area contributed by atoms with E-state index in [1.165, 1.54) is 0 Å². The van der Waals surface area contributed by atoms with Crippen LogP contribution in [0.2, 0.25) is 0 Å². The molecule has 5 N–H and O–H groups in total. The lowest BCUT2D eigenvalue weighted by atomic mass is 10.1. The van der Waals surface area contributed by atoms with Crippen LogP contribution < -0.4 is 11.5 Å². The van der Waals surface area contributed by atoms with Crippen LogP contribution in [0.5, 0.6) is 0 Å². The first-order chi connectivity index (χ1) is 10.4. The molecular weight excluding hydrogens is 288 g/mol. The largest absolute Gasteiger partial charge is 0.480 e. The topological polar surface area (TPSA) is 139 Å². The van der Waals surface area contributed by atoms with E-state index in [9.17, 15) is 19.5 Å². The normalized spacial score (nSPS) is 18.1.